The highest BCUT2D eigenvalue weighted by atomic mass is 32.1. The van der Waals surface area contributed by atoms with Crippen molar-refractivity contribution in [3.63, 3.8) is 0 Å². The second-order valence-electron chi connectivity index (χ2n) is 6.05. The van der Waals surface area contributed by atoms with Gasteiger partial charge in [-0.15, -0.1) is 11.3 Å². The number of anilines is 1. The number of carbonyl (C=O) groups excluding carboxylic acids is 2. The van der Waals surface area contributed by atoms with Gasteiger partial charge in [0.2, 0.25) is 11.7 Å². The van der Waals surface area contributed by atoms with E-state index in [9.17, 15) is 9.59 Å². The second kappa shape index (κ2) is 7.67. The molecule has 2 N–H and O–H groups in total. The van der Waals surface area contributed by atoms with Gasteiger partial charge in [-0.05, 0) is 37.8 Å². The summed E-state index contributed by atoms with van der Waals surface area (Å²) in [5.41, 5.74) is 0.763. The van der Waals surface area contributed by atoms with Gasteiger partial charge >= 0.3 is 0 Å². The normalized spacial score (nSPS) is 20.7. The van der Waals surface area contributed by atoms with E-state index < -0.39 is 0 Å². The Morgan fingerprint density at radius 3 is 3.04 bits per heavy atom. The van der Waals surface area contributed by atoms with Crippen molar-refractivity contribution in [3.05, 3.63) is 29.1 Å². The number of piperidine rings is 1. The van der Waals surface area contributed by atoms with Crippen molar-refractivity contribution in [1.29, 1.82) is 0 Å². The van der Waals surface area contributed by atoms with Crippen LogP contribution in [0.5, 0.6) is 0 Å². The van der Waals surface area contributed by atoms with Gasteiger partial charge < -0.3 is 15.2 Å². The molecular formula is C16H20N4O3S. The molecule has 0 spiro atoms. The van der Waals surface area contributed by atoms with Crippen LogP contribution in [0.2, 0.25) is 0 Å². The summed E-state index contributed by atoms with van der Waals surface area (Å²) < 4.78 is 5.05. The number of thiazole rings is 1. The molecule has 8 heteroatoms. The Hall–Kier alpha value is -2.06. The van der Waals surface area contributed by atoms with Gasteiger partial charge in [0, 0.05) is 31.0 Å². The largest absolute Gasteiger partial charge is 0.353 e. The van der Waals surface area contributed by atoms with E-state index in [1.807, 2.05) is 5.38 Å². The van der Waals surface area contributed by atoms with Gasteiger partial charge in [0.05, 0.1) is 5.69 Å². The number of nitrogens with zero attached hydrogens (tertiary/aromatic N) is 2. The molecule has 1 fully saturated rings. The van der Waals surface area contributed by atoms with E-state index in [2.05, 4.69) is 20.8 Å². The van der Waals surface area contributed by atoms with Crippen LogP contribution in [-0.2, 0) is 11.2 Å². The number of Topliss-reactive ketones (excluding diaryl/α,β-unsaturated/α-hetero) is 1. The van der Waals surface area contributed by atoms with Crippen molar-refractivity contribution in [2.75, 3.05) is 18.4 Å². The average Bonchev–Trinajstić information content (AvgIpc) is 3.21. The third-order valence-corrected chi connectivity index (χ3v) is 4.96. The quantitative estimate of drug-likeness (QED) is 0.776. The van der Waals surface area contributed by atoms with Crippen LogP contribution in [0.4, 0.5) is 5.13 Å². The molecule has 1 aliphatic rings. The van der Waals surface area contributed by atoms with Crippen molar-refractivity contribution in [2.24, 2.45) is 11.8 Å². The summed E-state index contributed by atoms with van der Waals surface area (Å²) in [6.45, 7) is 3.19. The summed E-state index contributed by atoms with van der Waals surface area (Å²) in [7, 11) is 0. The topological polar surface area (TPSA) is 97.1 Å². The number of nitrogens with one attached hydrogen (secondary N) is 2. The second-order valence-corrected chi connectivity index (χ2v) is 6.94. The molecular weight excluding hydrogens is 328 g/mol. The van der Waals surface area contributed by atoms with Crippen LogP contribution in [0.25, 0.3) is 0 Å². The van der Waals surface area contributed by atoms with Gasteiger partial charge in [-0.3, -0.25) is 9.59 Å². The predicted octanol–water partition coefficient (Wildman–Crippen LogP) is 2.13. The number of hydrogen-bond acceptors (Lipinski definition) is 7. The first-order valence-electron chi connectivity index (χ1n) is 7.98. The van der Waals surface area contributed by atoms with Gasteiger partial charge in [-0.2, -0.15) is 0 Å². The molecule has 3 rings (SSSR count). The Morgan fingerprint density at radius 1 is 1.46 bits per heavy atom. The number of hydrogen-bond donors (Lipinski definition) is 2. The maximum atomic E-state index is 12.2. The third kappa shape index (κ3) is 4.27. The molecule has 0 aliphatic carbocycles. The van der Waals surface area contributed by atoms with Crippen molar-refractivity contribution in [1.82, 2.24) is 15.5 Å². The predicted molar refractivity (Wildman–Crippen MR) is 90.0 cm³/mol. The summed E-state index contributed by atoms with van der Waals surface area (Å²) in [5.74, 6) is 0.697. The van der Waals surface area contributed by atoms with E-state index in [-0.39, 0.29) is 29.3 Å². The van der Waals surface area contributed by atoms with E-state index in [1.54, 1.807) is 12.3 Å². The number of rotatable bonds is 6. The summed E-state index contributed by atoms with van der Waals surface area (Å²) in [6, 6.07) is 1.70. The smallest absolute Gasteiger partial charge is 0.226 e. The lowest BCUT2D eigenvalue weighted by molar-refractivity contribution is -0.117. The lowest BCUT2D eigenvalue weighted by atomic mass is 9.81. The van der Waals surface area contributed by atoms with E-state index in [0.29, 0.717) is 18.0 Å². The fourth-order valence-corrected chi connectivity index (χ4v) is 3.57. The molecule has 2 atom stereocenters. The van der Waals surface area contributed by atoms with Crippen LogP contribution >= 0.6 is 11.3 Å². The SMILES string of the molecule is CC(=O)c1cc(C[C@H]2CNCC[C@H]2CC(=O)Nc2nccs2)no1. The fraction of sp³-hybridized carbons (Fsp3) is 0.500. The third-order valence-electron chi connectivity index (χ3n) is 4.27. The van der Waals surface area contributed by atoms with Crippen molar-refractivity contribution in [2.45, 2.75) is 26.2 Å². The van der Waals surface area contributed by atoms with Crippen LogP contribution in [-0.4, -0.2) is 34.9 Å². The molecule has 2 aromatic heterocycles. The summed E-state index contributed by atoms with van der Waals surface area (Å²) in [5, 5.41) is 12.6. The van der Waals surface area contributed by atoms with Gasteiger partial charge in [-0.1, -0.05) is 5.16 Å². The maximum absolute atomic E-state index is 12.2. The Morgan fingerprint density at radius 2 is 2.33 bits per heavy atom. The van der Waals surface area contributed by atoms with Crippen molar-refractivity contribution in [3.8, 4) is 0 Å². The van der Waals surface area contributed by atoms with Crippen molar-refractivity contribution < 1.29 is 14.1 Å². The molecule has 0 bridgehead atoms. The van der Waals surface area contributed by atoms with Gasteiger partial charge in [0.15, 0.2) is 10.9 Å². The number of carbonyl (C=O) groups is 2. The standard InChI is InChI=1S/C16H20N4O3S/c1-10(21)14-8-13(20-23-14)6-12-9-17-3-2-11(12)7-15(22)19-16-18-4-5-24-16/h4-5,8,11-12,17H,2-3,6-7,9H2,1H3,(H,18,19,22)/t11-,12-/m0/s1. The van der Waals surface area contributed by atoms with Crippen LogP contribution < -0.4 is 10.6 Å². The van der Waals surface area contributed by atoms with Crippen LogP contribution in [0.3, 0.4) is 0 Å². The zero-order valence-corrected chi connectivity index (χ0v) is 14.3. The summed E-state index contributed by atoms with van der Waals surface area (Å²) in [4.78, 5) is 27.6. The molecule has 0 unspecified atom stereocenters. The summed E-state index contributed by atoms with van der Waals surface area (Å²) in [6.07, 6.45) is 3.76. The molecule has 24 heavy (non-hydrogen) atoms. The molecule has 0 radical (unpaired) electrons. The molecule has 1 saturated heterocycles. The van der Waals surface area contributed by atoms with E-state index in [4.69, 9.17) is 4.52 Å². The van der Waals surface area contributed by atoms with Gasteiger partial charge in [-0.25, -0.2) is 4.98 Å². The molecule has 128 valence electrons. The van der Waals surface area contributed by atoms with E-state index >= 15 is 0 Å². The highest BCUT2D eigenvalue weighted by molar-refractivity contribution is 7.13. The first-order valence-corrected chi connectivity index (χ1v) is 8.86. The first kappa shape index (κ1) is 16.8. The van der Waals surface area contributed by atoms with Gasteiger partial charge in [0.25, 0.3) is 0 Å². The van der Waals surface area contributed by atoms with Crippen LogP contribution in [0, 0.1) is 11.8 Å². The molecule has 0 saturated carbocycles. The van der Waals surface area contributed by atoms with Gasteiger partial charge in [0.1, 0.15) is 0 Å². The minimum atomic E-state index is -0.130. The minimum absolute atomic E-state index is 0.00794. The number of amides is 1. The first-order chi connectivity index (χ1) is 11.6. The van der Waals surface area contributed by atoms with Crippen LogP contribution in [0.15, 0.2) is 22.2 Å². The Balaban J connectivity index is 1.60. The van der Waals surface area contributed by atoms with Crippen molar-refractivity contribution >= 4 is 28.2 Å². The molecule has 7 nitrogen and oxygen atoms in total. The fourth-order valence-electron chi connectivity index (χ4n) is 3.02. The zero-order valence-electron chi connectivity index (χ0n) is 13.4. The average molecular weight is 348 g/mol. The Kier molecular flexibility index (Phi) is 5.37. The summed E-state index contributed by atoms with van der Waals surface area (Å²) >= 11 is 1.41. The molecule has 2 aromatic rings. The lowest BCUT2D eigenvalue weighted by Gasteiger charge is -2.31. The highest BCUT2D eigenvalue weighted by Gasteiger charge is 2.28. The number of aromatic nitrogens is 2. The van der Waals surface area contributed by atoms with E-state index in [1.165, 1.54) is 18.3 Å². The van der Waals surface area contributed by atoms with Crippen LogP contribution in [0.1, 0.15) is 36.0 Å². The monoisotopic (exact) mass is 348 g/mol. The Bertz CT molecular complexity index is 698. The maximum Gasteiger partial charge on any atom is 0.226 e. The molecule has 1 aliphatic heterocycles. The zero-order chi connectivity index (χ0) is 16.9. The molecule has 0 aromatic carbocycles. The minimum Gasteiger partial charge on any atom is -0.353 e. The molecule has 1 amide bonds. The van der Waals surface area contributed by atoms with E-state index in [0.717, 1.165) is 25.2 Å². The Labute approximate surface area is 143 Å². The number of ketones is 1. The lowest BCUT2D eigenvalue weighted by Crippen LogP contribution is -2.39. The highest BCUT2D eigenvalue weighted by Crippen LogP contribution is 2.27. The molecule has 3 heterocycles.